The number of nitrogens with two attached hydrogens (primary N) is 1. The van der Waals surface area contributed by atoms with Gasteiger partial charge in [-0.25, -0.2) is 0 Å². The van der Waals surface area contributed by atoms with Crippen molar-refractivity contribution in [3.05, 3.63) is 71.3 Å². The minimum absolute atomic E-state index is 0.0112. The molecule has 0 fully saturated rings. The Labute approximate surface area is 115 Å². The van der Waals surface area contributed by atoms with E-state index in [1.54, 1.807) is 0 Å². The predicted molar refractivity (Wildman–Crippen MR) is 78.8 cm³/mol. The van der Waals surface area contributed by atoms with Crippen LogP contribution in [-0.2, 0) is 11.3 Å². The molecule has 0 aliphatic carbocycles. The minimum atomic E-state index is -0.0932. The molecule has 0 unspecified atom stereocenters. The van der Waals surface area contributed by atoms with E-state index in [2.05, 4.69) is 43.3 Å². The van der Waals surface area contributed by atoms with Crippen LogP contribution in [-0.4, -0.2) is 6.10 Å². The van der Waals surface area contributed by atoms with Crippen molar-refractivity contribution in [3.8, 4) is 0 Å². The second-order valence-corrected chi connectivity index (χ2v) is 4.94. The predicted octanol–water partition coefficient (Wildman–Crippen LogP) is 3.60. The monoisotopic (exact) mass is 255 g/mol. The van der Waals surface area contributed by atoms with E-state index in [4.69, 9.17) is 10.5 Å². The molecule has 0 saturated heterocycles. The summed E-state index contributed by atoms with van der Waals surface area (Å²) in [7, 11) is 0. The SMILES string of the molecule is Cc1ccc([C@H](N)[C@H](C)OCc2ccccc2)cc1. The smallest absolute Gasteiger partial charge is 0.0744 e. The van der Waals surface area contributed by atoms with Crippen molar-refractivity contribution in [2.45, 2.75) is 32.6 Å². The molecule has 0 aliphatic heterocycles. The Morgan fingerprint density at radius 2 is 1.63 bits per heavy atom. The van der Waals surface area contributed by atoms with Crippen LogP contribution in [0.3, 0.4) is 0 Å². The molecule has 0 bridgehead atoms. The van der Waals surface area contributed by atoms with Crippen molar-refractivity contribution in [2.75, 3.05) is 0 Å². The highest BCUT2D eigenvalue weighted by Crippen LogP contribution is 2.18. The molecule has 0 heterocycles. The highest BCUT2D eigenvalue weighted by Gasteiger charge is 2.15. The topological polar surface area (TPSA) is 35.2 Å². The summed E-state index contributed by atoms with van der Waals surface area (Å²) in [6.07, 6.45) is -0.0112. The first kappa shape index (κ1) is 13.8. The summed E-state index contributed by atoms with van der Waals surface area (Å²) in [4.78, 5) is 0. The van der Waals surface area contributed by atoms with Gasteiger partial charge in [-0.3, -0.25) is 0 Å². The molecule has 0 aliphatic rings. The van der Waals surface area contributed by atoms with Gasteiger partial charge in [0.05, 0.1) is 18.8 Å². The molecule has 100 valence electrons. The Kier molecular flexibility index (Phi) is 4.72. The molecule has 0 saturated carbocycles. The van der Waals surface area contributed by atoms with Gasteiger partial charge in [-0.15, -0.1) is 0 Å². The van der Waals surface area contributed by atoms with E-state index in [1.807, 2.05) is 25.1 Å². The zero-order valence-electron chi connectivity index (χ0n) is 11.5. The van der Waals surface area contributed by atoms with Crippen molar-refractivity contribution in [1.82, 2.24) is 0 Å². The van der Waals surface area contributed by atoms with Crippen LogP contribution in [0.25, 0.3) is 0 Å². The quantitative estimate of drug-likeness (QED) is 0.886. The van der Waals surface area contributed by atoms with E-state index in [0.29, 0.717) is 6.61 Å². The number of benzene rings is 2. The summed E-state index contributed by atoms with van der Waals surface area (Å²) in [6.45, 7) is 4.69. The third-order valence-electron chi connectivity index (χ3n) is 3.32. The highest BCUT2D eigenvalue weighted by atomic mass is 16.5. The molecule has 2 aromatic rings. The second-order valence-electron chi connectivity index (χ2n) is 4.94. The molecule has 2 nitrogen and oxygen atoms in total. The standard InChI is InChI=1S/C17H21NO/c1-13-8-10-16(11-9-13)17(18)14(2)19-12-15-6-4-3-5-7-15/h3-11,14,17H,12,18H2,1-2H3/t14-,17+/m0/s1. The Morgan fingerprint density at radius 3 is 2.26 bits per heavy atom. The fourth-order valence-corrected chi connectivity index (χ4v) is 1.97. The molecule has 2 N–H and O–H groups in total. The van der Waals surface area contributed by atoms with Gasteiger partial charge in [0.1, 0.15) is 0 Å². The fraction of sp³-hybridized carbons (Fsp3) is 0.294. The summed E-state index contributed by atoms with van der Waals surface area (Å²) < 4.78 is 5.85. The average Bonchev–Trinajstić information content (AvgIpc) is 2.46. The second kappa shape index (κ2) is 6.50. The highest BCUT2D eigenvalue weighted by molar-refractivity contribution is 5.24. The lowest BCUT2D eigenvalue weighted by Crippen LogP contribution is -2.26. The lowest BCUT2D eigenvalue weighted by molar-refractivity contribution is 0.0357. The van der Waals surface area contributed by atoms with Crippen LogP contribution < -0.4 is 5.73 Å². The molecule has 2 heteroatoms. The Bertz CT molecular complexity index is 492. The molecule has 0 aromatic heterocycles. The van der Waals surface area contributed by atoms with Crippen molar-refractivity contribution in [3.63, 3.8) is 0 Å². The van der Waals surface area contributed by atoms with Gasteiger partial charge >= 0.3 is 0 Å². The van der Waals surface area contributed by atoms with Gasteiger partial charge < -0.3 is 10.5 Å². The zero-order valence-corrected chi connectivity index (χ0v) is 11.5. The van der Waals surface area contributed by atoms with E-state index in [-0.39, 0.29) is 12.1 Å². The van der Waals surface area contributed by atoms with Crippen LogP contribution in [0.4, 0.5) is 0 Å². The van der Waals surface area contributed by atoms with Crippen LogP contribution in [0, 0.1) is 6.92 Å². The first-order chi connectivity index (χ1) is 9.16. The van der Waals surface area contributed by atoms with Crippen LogP contribution in [0.1, 0.15) is 29.7 Å². The molecular formula is C17H21NO. The summed E-state index contributed by atoms with van der Waals surface area (Å²) in [5.41, 5.74) is 9.76. The van der Waals surface area contributed by atoms with Gasteiger partial charge in [-0.2, -0.15) is 0 Å². The first-order valence-corrected chi connectivity index (χ1v) is 6.64. The number of rotatable bonds is 5. The van der Waals surface area contributed by atoms with Crippen molar-refractivity contribution < 1.29 is 4.74 Å². The minimum Gasteiger partial charge on any atom is -0.372 e. The summed E-state index contributed by atoms with van der Waals surface area (Å²) >= 11 is 0. The van der Waals surface area contributed by atoms with Crippen LogP contribution in [0.5, 0.6) is 0 Å². The van der Waals surface area contributed by atoms with E-state index in [9.17, 15) is 0 Å². The van der Waals surface area contributed by atoms with Gasteiger partial charge in [0.25, 0.3) is 0 Å². The van der Waals surface area contributed by atoms with Crippen molar-refractivity contribution in [2.24, 2.45) is 5.73 Å². The first-order valence-electron chi connectivity index (χ1n) is 6.64. The molecule has 2 rings (SSSR count). The summed E-state index contributed by atoms with van der Waals surface area (Å²) in [5, 5.41) is 0. The van der Waals surface area contributed by atoms with E-state index < -0.39 is 0 Å². The third-order valence-corrected chi connectivity index (χ3v) is 3.32. The van der Waals surface area contributed by atoms with E-state index in [1.165, 1.54) is 11.1 Å². The zero-order chi connectivity index (χ0) is 13.7. The molecule has 0 radical (unpaired) electrons. The van der Waals surface area contributed by atoms with Gasteiger partial charge in [-0.05, 0) is 25.0 Å². The van der Waals surface area contributed by atoms with Gasteiger partial charge in [-0.1, -0.05) is 60.2 Å². The van der Waals surface area contributed by atoms with Crippen LogP contribution in [0.2, 0.25) is 0 Å². The lowest BCUT2D eigenvalue weighted by atomic mass is 10.0. The maximum Gasteiger partial charge on any atom is 0.0744 e. The molecular weight excluding hydrogens is 234 g/mol. The molecule has 2 atom stereocenters. The Balaban J connectivity index is 1.92. The van der Waals surface area contributed by atoms with Crippen molar-refractivity contribution >= 4 is 0 Å². The normalized spacial score (nSPS) is 14.1. The molecule has 19 heavy (non-hydrogen) atoms. The summed E-state index contributed by atoms with van der Waals surface area (Å²) in [6, 6.07) is 18.4. The molecule has 2 aromatic carbocycles. The number of ether oxygens (including phenoxy) is 1. The average molecular weight is 255 g/mol. The Hall–Kier alpha value is -1.64. The maximum absolute atomic E-state index is 6.23. The fourth-order valence-electron chi connectivity index (χ4n) is 1.97. The van der Waals surface area contributed by atoms with Crippen LogP contribution in [0.15, 0.2) is 54.6 Å². The molecule has 0 amide bonds. The lowest BCUT2D eigenvalue weighted by Gasteiger charge is -2.21. The maximum atomic E-state index is 6.23. The largest absolute Gasteiger partial charge is 0.372 e. The Morgan fingerprint density at radius 1 is 1.00 bits per heavy atom. The number of hydrogen-bond donors (Lipinski definition) is 1. The van der Waals surface area contributed by atoms with Crippen LogP contribution >= 0.6 is 0 Å². The van der Waals surface area contributed by atoms with E-state index >= 15 is 0 Å². The number of aryl methyl sites for hydroxylation is 1. The van der Waals surface area contributed by atoms with Crippen molar-refractivity contribution in [1.29, 1.82) is 0 Å². The molecule has 0 spiro atoms. The van der Waals surface area contributed by atoms with E-state index in [0.717, 1.165) is 5.56 Å². The third kappa shape index (κ3) is 3.91. The van der Waals surface area contributed by atoms with Gasteiger partial charge in [0.2, 0.25) is 0 Å². The van der Waals surface area contributed by atoms with Gasteiger partial charge in [0.15, 0.2) is 0 Å². The number of hydrogen-bond acceptors (Lipinski definition) is 2. The van der Waals surface area contributed by atoms with Gasteiger partial charge in [0, 0.05) is 0 Å². The summed E-state index contributed by atoms with van der Waals surface area (Å²) in [5.74, 6) is 0.